The van der Waals surface area contributed by atoms with Crippen LogP contribution in [0, 0.1) is 11.8 Å². The molecule has 3 heteroatoms. The number of piperazine rings is 1. The fraction of sp³-hybridized carbons (Fsp3) is 1.00. The quantitative estimate of drug-likeness (QED) is 0.859. The lowest BCUT2D eigenvalue weighted by atomic mass is 9.76. The summed E-state index contributed by atoms with van der Waals surface area (Å²) in [7, 11) is 2.26. The van der Waals surface area contributed by atoms with Crippen LogP contribution in [0.5, 0.6) is 0 Å². The Bertz CT molecular complexity index is 282. The molecule has 2 N–H and O–H groups in total. The number of likely N-dealkylation sites (N-methyl/N-ethyl adjacent to an activating group) is 1. The van der Waals surface area contributed by atoms with E-state index in [0.717, 1.165) is 11.8 Å². The molecule has 0 radical (unpaired) electrons. The molecule has 0 aromatic heterocycles. The van der Waals surface area contributed by atoms with E-state index in [4.69, 9.17) is 5.73 Å². The molecular weight excluding hydrogens is 246 g/mol. The number of hydrogen-bond donors (Lipinski definition) is 1. The molecule has 5 unspecified atom stereocenters. The van der Waals surface area contributed by atoms with Crippen molar-refractivity contribution in [3.8, 4) is 0 Å². The average Bonchev–Trinajstić information content (AvgIpc) is 2.40. The maximum absolute atomic E-state index is 6.41. The van der Waals surface area contributed by atoms with Gasteiger partial charge in [-0.3, -0.25) is 9.80 Å². The predicted molar refractivity (Wildman–Crippen MR) is 86.8 cm³/mol. The number of rotatable bonds is 4. The third kappa shape index (κ3) is 3.96. The highest BCUT2D eigenvalue weighted by Crippen LogP contribution is 2.32. The Labute approximate surface area is 125 Å². The summed E-state index contributed by atoms with van der Waals surface area (Å²) in [6.07, 6.45) is 6.70. The molecule has 1 aliphatic carbocycles. The Morgan fingerprint density at radius 3 is 2.35 bits per heavy atom. The van der Waals surface area contributed by atoms with Crippen LogP contribution in [0.15, 0.2) is 0 Å². The number of nitrogens with two attached hydrogens (primary N) is 1. The Hall–Kier alpha value is -0.120. The van der Waals surface area contributed by atoms with Crippen molar-refractivity contribution in [2.45, 2.75) is 71.0 Å². The van der Waals surface area contributed by atoms with Gasteiger partial charge in [-0.15, -0.1) is 0 Å². The van der Waals surface area contributed by atoms with E-state index in [1.54, 1.807) is 0 Å². The van der Waals surface area contributed by atoms with Gasteiger partial charge in [0.15, 0.2) is 0 Å². The third-order valence-corrected chi connectivity index (χ3v) is 5.77. The predicted octanol–water partition coefficient (Wildman–Crippen LogP) is 2.55. The Morgan fingerprint density at radius 2 is 1.75 bits per heavy atom. The SMILES string of the molecule is CCCC1CCC(N)C(CN2CC(C)N(C)C(C)C2)C1. The van der Waals surface area contributed by atoms with E-state index in [9.17, 15) is 0 Å². The fourth-order valence-corrected chi connectivity index (χ4v) is 4.26. The monoisotopic (exact) mass is 281 g/mol. The van der Waals surface area contributed by atoms with Crippen LogP contribution in [0.3, 0.4) is 0 Å². The van der Waals surface area contributed by atoms with Gasteiger partial charge in [-0.2, -0.15) is 0 Å². The van der Waals surface area contributed by atoms with Crippen molar-refractivity contribution >= 4 is 0 Å². The first-order valence-electron chi connectivity index (χ1n) is 8.71. The summed E-state index contributed by atoms with van der Waals surface area (Å²) in [6.45, 7) is 10.7. The summed E-state index contributed by atoms with van der Waals surface area (Å²) in [5, 5.41) is 0. The molecule has 1 saturated carbocycles. The van der Waals surface area contributed by atoms with E-state index in [1.165, 1.54) is 51.7 Å². The van der Waals surface area contributed by atoms with Crippen molar-refractivity contribution in [2.75, 3.05) is 26.7 Å². The first-order valence-corrected chi connectivity index (χ1v) is 8.71. The largest absolute Gasteiger partial charge is 0.327 e. The van der Waals surface area contributed by atoms with Crippen LogP contribution < -0.4 is 5.73 Å². The topological polar surface area (TPSA) is 32.5 Å². The molecule has 0 bridgehead atoms. The summed E-state index contributed by atoms with van der Waals surface area (Å²) in [5.74, 6) is 1.66. The minimum atomic E-state index is 0.438. The van der Waals surface area contributed by atoms with Crippen LogP contribution in [0.25, 0.3) is 0 Å². The molecule has 3 nitrogen and oxygen atoms in total. The second-order valence-corrected chi connectivity index (χ2v) is 7.47. The van der Waals surface area contributed by atoms with Gasteiger partial charge in [0.1, 0.15) is 0 Å². The maximum atomic E-state index is 6.41. The van der Waals surface area contributed by atoms with Gasteiger partial charge in [-0.25, -0.2) is 0 Å². The van der Waals surface area contributed by atoms with E-state index < -0.39 is 0 Å². The molecule has 1 aliphatic heterocycles. The first-order chi connectivity index (χ1) is 9.51. The number of hydrogen-bond acceptors (Lipinski definition) is 3. The first kappa shape index (κ1) is 16.3. The molecule has 1 heterocycles. The lowest BCUT2D eigenvalue weighted by Crippen LogP contribution is -2.56. The normalized spacial score (nSPS) is 41.0. The van der Waals surface area contributed by atoms with E-state index in [-0.39, 0.29) is 0 Å². The van der Waals surface area contributed by atoms with E-state index >= 15 is 0 Å². The van der Waals surface area contributed by atoms with E-state index in [2.05, 4.69) is 37.6 Å². The van der Waals surface area contributed by atoms with Crippen molar-refractivity contribution in [3.63, 3.8) is 0 Å². The minimum absolute atomic E-state index is 0.438. The van der Waals surface area contributed by atoms with Gasteiger partial charge in [0, 0.05) is 37.8 Å². The second-order valence-electron chi connectivity index (χ2n) is 7.47. The molecule has 2 fully saturated rings. The summed E-state index contributed by atoms with van der Waals surface area (Å²) >= 11 is 0. The van der Waals surface area contributed by atoms with Crippen LogP contribution in [0.1, 0.15) is 52.9 Å². The van der Waals surface area contributed by atoms with Crippen LogP contribution >= 0.6 is 0 Å². The van der Waals surface area contributed by atoms with Crippen molar-refractivity contribution in [3.05, 3.63) is 0 Å². The highest BCUT2D eigenvalue weighted by Gasteiger charge is 2.32. The van der Waals surface area contributed by atoms with Gasteiger partial charge in [0.2, 0.25) is 0 Å². The molecule has 0 aromatic carbocycles. The van der Waals surface area contributed by atoms with Crippen LogP contribution in [-0.2, 0) is 0 Å². The molecule has 20 heavy (non-hydrogen) atoms. The summed E-state index contributed by atoms with van der Waals surface area (Å²) in [6, 6.07) is 1.78. The molecule has 0 spiro atoms. The lowest BCUT2D eigenvalue weighted by Gasteiger charge is -2.45. The zero-order valence-electron chi connectivity index (χ0n) is 14.0. The third-order valence-electron chi connectivity index (χ3n) is 5.77. The van der Waals surface area contributed by atoms with Crippen LogP contribution in [-0.4, -0.2) is 54.6 Å². The fourth-order valence-electron chi connectivity index (χ4n) is 4.26. The maximum Gasteiger partial charge on any atom is 0.0195 e. The van der Waals surface area contributed by atoms with Gasteiger partial charge in [-0.05, 0) is 52.0 Å². The zero-order chi connectivity index (χ0) is 14.7. The smallest absolute Gasteiger partial charge is 0.0195 e. The minimum Gasteiger partial charge on any atom is -0.327 e. The highest BCUT2D eigenvalue weighted by atomic mass is 15.3. The zero-order valence-corrected chi connectivity index (χ0v) is 14.0. The molecule has 2 aliphatic rings. The van der Waals surface area contributed by atoms with Gasteiger partial charge >= 0.3 is 0 Å². The average molecular weight is 281 g/mol. The van der Waals surface area contributed by atoms with Crippen molar-refractivity contribution in [1.82, 2.24) is 9.80 Å². The highest BCUT2D eigenvalue weighted by molar-refractivity contribution is 4.88. The van der Waals surface area contributed by atoms with Crippen molar-refractivity contribution < 1.29 is 0 Å². The molecule has 5 atom stereocenters. The molecule has 1 saturated heterocycles. The molecule has 2 rings (SSSR count). The lowest BCUT2D eigenvalue weighted by molar-refractivity contribution is 0.0399. The van der Waals surface area contributed by atoms with E-state index in [0.29, 0.717) is 18.1 Å². The molecule has 0 amide bonds. The van der Waals surface area contributed by atoms with Crippen molar-refractivity contribution in [2.24, 2.45) is 17.6 Å². The summed E-state index contributed by atoms with van der Waals surface area (Å²) in [5.41, 5.74) is 6.41. The van der Waals surface area contributed by atoms with Gasteiger partial charge in [0.05, 0.1) is 0 Å². The Kier molecular flexibility index (Phi) is 5.88. The molecule has 118 valence electrons. The van der Waals surface area contributed by atoms with Gasteiger partial charge in [0.25, 0.3) is 0 Å². The van der Waals surface area contributed by atoms with Crippen molar-refractivity contribution in [1.29, 1.82) is 0 Å². The summed E-state index contributed by atoms with van der Waals surface area (Å²) < 4.78 is 0. The Balaban J connectivity index is 1.87. The molecular formula is C17H35N3. The summed E-state index contributed by atoms with van der Waals surface area (Å²) in [4.78, 5) is 5.19. The van der Waals surface area contributed by atoms with Gasteiger partial charge < -0.3 is 5.73 Å². The Morgan fingerprint density at radius 1 is 1.10 bits per heavy atom. The van der Waals surface area contributed by atoms with Crippen LogP contribution in [0.2, 0.25) is 0 Å². The van der Waals surface area contributed by atoms with E-state index in [1.807, 2.05) is 0 Å². The molecule has 0 aromatic rings. The number of nitrogens with zero attached hydrogens (tertiary/aromatic N) is 2. The second kappa shape index (κ2) is 7.24. The van der Waals surface area contributed by atoms with Gasteiger partial charge in [-0.1, -0.05) is 19.8 Å². The standard InChI is InChI=1S/C17H35N3/c1-5-6-15-7-8-17(18)16(9-15)12-20-10-13(2)19(4)14(3)11-20/h13-17H,5-12,18H2,1-4H3. The van der Waals surface area contributed by atoms with Crippen LogP contribution in [0.4, 0.5) is 0 Å².